The highest BCUT2D eigenvalue weighted by molar-refractivity contribution is 6.30. The van der Waals surface area contributed by atoms with E-state index in [4.69, 9.17) is 21.6 Å². The second kappa shape index (κ2) is 7.37. The van der Waals surface area contributed by atoms with Crippen LogP contribution in [0.25, 0.3) is 17.5 Å². The summed E-state index contributed by atoms with van der Waals surface area (Å²) < 4.78 is 6.90. The van der Waals surface area contributed by atoms with E-state index in [2.05, 4.69) is 6.58 Å². The molecule has 0 radical (unpaired) electrons. The first-order valence-electron chi connectivity index (χ1n) is 7.53. The van der Waals surface area contributed by atoms with Gasteiger partial charge in [0.15, 0.2) is 11.4 Å². The lowest BCUT2D eigenvalue weighted by molar-refractivity contribution is -0.134. The van der Waals surface area contributed by atoms with E-state index >= 15 is 0 Å². The molecule has 25 heavy (non-hydrogen) atoms. The molecule has 0 aliphatic rings. The molecule has 128 valence electrons. The minimum atomic E-state index is -1.39. The molecule has 2 rings (SSSR count). The Bertz CT molecular complexity index is 858. The van der Waals surface area contributed by atoms with Crippen molar-refractivity contribution in [3.05, 3.63) is 53.7 Å². The fourth-order valence-electron chi connectivity index (χ4n) is 2.29. The number of nitrogens with zero attached hydrogens (tertiary/aromatic N) is 2. The van der Waals surface area contributed by atoms with Gasteiger partial charge in [-0.3, -0.25) is 4.79 Å². The second-order valence-corrected chi connectivity index (χ2v) is 6.26. The molecule has 2 aromatic rings. The van der Waals surface area contributed by atoms with Gasteiger partial charge in [0.2, 0.25) is 0 Å². The van der Waals surface area contributed by atoms with Crippen molar-refractivity contribution in [1.82, 2.24) is 4.57 Å². The number of benzene rings is 1. The molecule has 0 atom stereocenters. The molecule has 0 fully saturated rings. The maximum absolute atomic E-state index is 12.5. The monoisotopic (exact) mass is 356 g/mol. The third-order valence-electron chi connectivity index (χ3n) is 3.71. The van der Waals surface area contributed by atoms with Gasteiger partial charge in [-0.05, 0) is 43.7 Å². The van der Waals surface area contributed by atoms with Gasteiger partial charge in [-0.15, -0.1) is 0 Å². The number of halogens is 1. The van der Waals surface area contributed by atoms with Gasteiger partial charge >= 0.3 is 5.97 Å². The zero-order valence-electron chi connectivity index (χ0n) is 14.0. The molecule has 0 N–H and O–H groups in total. The van der Waals surface area contributed by atoms with Crippen LogP contribution in [0.4, 0.5) is 0 Å². The summed E-state index contributed by atoms with van der Waals surface area (Å²) in [6, 6.07) is 12.3. The number of esters is 1. The Labute approximate surface area is 151 Å². The summed E-state index contributed by atoms with van der Waals surface area (Å²) in [6.07, 6.45) is 1.17. The maximum atomic E-state index is 12.5. The topological polar surface area (TPSA) is 72.1 Å². The van der Waals surface area contributed by atoms with Gasteiger partial charge in [0, 0.05) is 11.2 Å². The van der Waals surface area contributed by atoms with Crippen LogP contribution < -0.4 is 0 Å². The van der Waals surface area contributed by atoms with Crippen LogP contribution in [0, 0.1) is 11.3 Å². The SMILES string of the molecule is C=Cn1c(C(=O)OC(C)(C)C(=O)CC#N)ccc1-c1ccc(Cl)cc1. The Balaban J connectivity index is 2.33. The molecule has 0 amide bonds. The van der Waals surface area contributed by atoms with Crippen LogP contribution >= 0.6 is 11.6 Å². The molecule has 6 heteroatoms. The number of aromatic nitrogens is 1. The van der Waals surface area contributed by atoms with Gasteiger partial charge < -0.3 is 9.30 Å². The maximum Gasteiger partial charge on any atom is 0.356 e. The zero-order chi connectivity index (χ0) is 18.6. The van der Waals surface area contributed by atoms with Crippen LogP contribution in [-0.2, 0) is 9.53 Å². The Kier molecular flexibility index (Phi) is 5.45. The minimum absolute atomic E-state index is 0.234. The van der Waals surface area contributed by atoms with Crippen LogP contribution in [-0.4, -0.2) is 21.9 Å². The van der Waals surface area contributed by atoms with E-state index in [1.807, 2.05) is 12.1 Å². The molecule has 0 saturated heterocycles. The van der Waals surface area contributed by atoms with Crippen LogP contribution in [0.1, 0.15) is 30.8 Å². The molecule has 0 aliphatic heterocycles. The van der Waals surface area contributed by atoms with Crippen LogP contribution in [0.15, 0.2) is 43.0 Å². The zero-order valence-corrected chi connectivity index (χ0v) is 14.7. The van der Waals surface area contributed by atoms with Gasteiger partial charge in [0.1, 0.15) is 5.69 Å². The molecule has 0 bridgehead atoms. The van der Waals surface area contributed by atoms with Crippen molar-refractivity contribution < 1.29 is 14.3 Å². The predicted molar refractivity (Wildman–Crippen MR) is 96.0 cm³/mol. The summed E-state index contributed by atoms with van der Waals surface area (Å²) in [7, 11) is 0. The number of nitriles is 1. The number of Topliss-reactive ketones (excluding diaryl/α,β-unsaturated/α-hetero) is 1. The van der Waals surface area contributed by atoms with Crippen molar-refractivity contribution in [3.8, 4) is 17.3 Å². The van der Waals surface area contributed by atoms with Gasteiger partial charge in [-0.2, -0.15) is 5.26 Å². The van der Waals surface area contributed by atoms with E-state index in [0.717, 1.165) is 11.3 Å². The standard InChI is InChI=1S/C19H17ClN2O3/c1-4-22-15(13-5-7-14(20)8-6-13)9-10-16(22)18(24)25-19(2,3)17(23)11-12-21/h4-10H,1,11H2,2-3H3. The third-order valence-corrected chi connectivity index (χ3v) is 3.96. The summed E-state index contributed by atoms with van der Waals surface area (Å²) in [5.74, 6) is -1.13. The van der Waals surface area contributed by atoms with Crippen molar-refractivity contribution in [2.75, 3.05) is 0 Å². The van der Waals surface area contributed by atoms with Crippen molar-refractivity contribution >= 4 is 29.6 Å². The first kappa shape index (κ1) is 18.5. The van der Waals surface area contributed by atoms with E-state index in [1.54, 1.807) is 34.9 Å². The van der Waals surface area contributed by atoms with Crippen LogP contribution in [0.3, 0.4) is 0 Å². The van der Waals surface area contributed by atoms with Gasteiger partial charge in [0.05, 0.1) is 18.2 Å². The third kappa shape index (κ3) is 3.98. The first-order valence-corrected chi connectivity index (χ1v) is 7.91. The lowest BCUT2D eigenvalue weighted by Crippen LogP contribution is -2.37. The van der Waals surface area contributed by atoms with Gasteiger partial charge in [-0.25, -0.2) is 4.79 Å². The number of rotatable bonds is 6. The molecule has 1 aromatic carbocycles. The second-order valence-electron chi connectivity index (χ2n) is 5.82. The fraction of sp³-hybridized carbons (Fsp3) is 0.211. The number of hydrogen-bond donors (Lipinski definition) is 0. The predicted octanol–water partition coefficient (Wildman–Crippen LogP) is 4.33. The van der Waals surface area contributed by atoms with Gasteiger partial charge in [-0.1, -0.05) is 30.3 Å². The van der Waals surface area contributed by atoms with E-state index in [9.17, 15) is 9.59 Å². The normalized spacial score (nSPS) is 10.8. The Morgan fingerprint density at radius 1 is 1.28 bits per heavy atom. The molecular weight excluding hydrogens is 340 g/mol. The number of carbonyl (C=O) groups is 2. The molecule has 0 spiro atoms. The summed E-state index contributed by atoms with van der Waals surface area (Å²) in [5, 5.41) is 9.25. The quantitative estimate of drug-likeness (QED) is 0.722. The lowest BCUT2D eigenvalue weighted by atomic mass is 10.0. The van der Waals surface area contributed by atoms with Crippen molar-refractivity contribution in [2.24, 2.45) is 0 Å². The molecule has 0 aliphatic carbocycles. The first-order chi connectivity index (χ1) is 11.8. The molecule has 0 saturated carbocycles. The minimum Gasteiger partial charge on any atom is -0.447 e. The molecule has 0 unspecified atom stereocenters. The highest BCUT2D eigenvalue weighted by Crippen LogP contribution is 2.26. The molecule has 5 nitrogen and oxygen atoms in total. The van der Waals surface area contributed by atoms with Crippen molar-refractivity contribution in [3.63, 3.8) is 0 Å². The molecular formula is C19H17ClN2O3. The summed E-state index contributed by atoms with van der Waals surface area (Å²) in [6.45, 7) is 6.66. The fourth-order valence-corrected chi connectivity index (χ4v) is 2.42. The van der Waals surface area contributed by atoms with E-state index in [-0.39, 0.29) is 12.1 Å². The number of carbonyl (C=O) groups excluding carboxylic acids is 2. The smallest absolute Gasteiger partial charge is 0.356 e. The lowest BCUT2D eigenvalue weighted by Gasteiger charge is -2.22. The number of hydrogen-bond acceptors (Lipinski definition) is 4. The van der Waals surface area contributed by atoms with E-state index in [0.29, 0.717) is 5.02 Å². The molecule has 1 heterocycles. The largest absolute Gasteiger partial charge is 0.447 e. The number of ether oxygens (including phenoxy) is 1. The number of ketones is 1. The van der Waals surface area contributed by atoms with Gasteiger partial charge in [0.25, 0.3) is 0 Å². The Morgan fingerprint density at radius 2 is 1.92 bits per heavy atom. The van der Waals surface area contributed by atoms with E-state index in [1.165, 1.54) is 20.0 Å². The summed E-state index contributed by atoms with van der Waals surface area (Å²) in [4.78, 5) is 24.4. The van der Waals surface area contributed by atoms with Crippen LogP contribution in [0.5, 0.6) is 0 Å². The summed E-state index contributed by atoms with van der Waals surface area (Å²) >= 11 is 5.90. The average molecular weight is 357 g/mol. The van der Waals surface area contributed by atoms with Crippen LogP contribution in [0.2, 0.25) is 5.02 Å². The Morgan fingerprint density at radius 3 is 2.48 bits per heavy atom. The Hall–Kier alpha value is -2.84. The highest BCUT2D eigenvalue weighted by atomic mass is 35.5. The molecule has 1 aromatic heterocycles. The van der Waals surface area contributed by atoms with E-state index < -0.39 is 17.4 Å². The summed E-state index contributed by atoms with van der Waals surface area (Å²) in [5.41, 5.74) is 0.435. The highest BCUT2D eigenvalue weighted by Gasteiger charge is 2.32. The average Bonchev–Trinajstić information content (AvgIpc) is 2.99. The van der Waals surface area contributed by atoms with Crippen molar-refractivity contribution in [1.29, 1.82) is 5.26 Å². The van der Waals surface area contributed by atoms with Crippen molar-refractivity contribution in [2.45, 2.75) is 25.9 Å².